The van der Waals surface area contributed by atoms with E-state index < -0.39 is 11.5 Å². The van der Waals surface area contributed by atoms with Gasteiger partial charge in [0.05, 0.1) is 7.11 Å². The summed E-state index contributed by atoms with van der Waals surface area (Å²) in [5.41, 5.74) is 1.57. The number of ether oxygens (including phenoxy) is 1. The van der Waals surface area contributed by atoms with Gasteiger partial charge in [-0.05, 0) is 54.8 Å². The van der Waals surface area contributed by atoms with Crippen molar-refractivity contribution in [1.29, 1.82) is 0 Å². The molecule has 0 spiro atoms. The molecule has 0 fully saturated rings. The molecule has 1 N–H and O–H groups in total. The molecule has 2 aromatic carbocycles. The Balaban J connectivity index is 1.82. The van der Waals surface area contributed by atoms with Gasteiger partial charge in [-0.15, -0.1) is 0 Å². The molecule has 0 aliphatic heterocycles. The minimum atomic E-state index is -0.667. The average molecular weight is 351 g/mol. The minimum absolute atomic E-state index is 0.0409. The van der Waals surface area contributed by atoms with Crippen LogP contribution in [0, 0.1) is 0 Å². The Hall–Kier alpha value is -3.08. The fourth-order valence-electron chi connectivity index (χ4n) is 2.72. The number of carbonyl (C=O) groups excluding carboxylic acids is 1. The largest absolute Gasteiger partial charge is 0.497 e. The Morgan fingerprint density at radius 2 is 1.88 bits per heavy atom. The van der Waals surface area contributed by atoms with Gasteiger partial charge in [0.15, 0.2) is 0 Å². The van der Waals surface area contributed by atoms with Gasteiger partial charge in [-0.3, -0.25) is 4.79 Å². The second-order valence-corrected chi connectivity index (χ2v) is 6.11. The lowest BCUT2D eigenvalue weighted by molar-refractivity contribution is 0.102. The van der Waals surface area contributed by atoms with Gasteiger partial charge in [-0.25, -0.2) is 4.79 Å². The van der Waals surface area contributed by atoms with Crippen LogP contribution in [0.1, 0.15) is 35.7 Å². The topological polar surface area (TPSA) is 68.5 Å². The quantitative estimate of drug-likeness (QED) is 0.669. The van der Waals surface area contributed by atoms with Crippen molar-refractivity contribution in [2.45, 2.75) is 26.2 Å². The molecule has 0 bridgehead atoms. The van der Waals surface area contributed by atoms with Crippen LogP contribution in [-0.4, -0.2) is 13.0 Å². The summed E-state index contributed by atoms with van der Waals surface area (Å²) >= 11 is 0. The Labute approximate surface area is 151 Å². The second kappa shape index (κ2) is 7.87. The van der Waals surface area contributed by atoms with Crippen LogP contribution < -0.4 is 15.7 Å². The summed E-state index contributed by atoms with van der Waals surface area (Å²) in [5.74, 6) is 0.130. The monoisotopic (exact) mass is 351 g/mol. The first-order valence-corrected chi connectivity index (χ1v) is 8.63. The van der Waals surface area contributed by atoms with Crippen molar-refractivity contribution in [3.8, 4) is 5.75 Å². The lowest BCUT2D eigenvalue weighted by Crippen LogP contribution is -2.20. The van der Waals surface area contributed by atoms with Crippen molar-refractivity contribution in [3.63, 3.8) is 0 Å². The lowest BCUT2D eigenvalue weighted by atomic mass is 10.1. The van der Waals surface area contributed by atoms with E-state index in [9.17, 15) is 9.59 Å². The van der Waals surface area contributed by atoms with Gasteiger partial charge in [0.1, 0.15) is 16.9 Å². The molecule has 0 saturated carbocycles. The molecular formula is C21H21NO4. The summed E-state index contributed by atoms with van der Waals surface area (Å²) < 4.78 is 10.4. The molecule has 5 heteroatoms. The van der Waals surface area contributed by atoms with E-state index in [1.165, 1.54) is 11.6 Å². The number of hydrogen-bond donors (Lipinski definition) is 1. The summed E-state index contributed by atoms with van der Waals surface area (Å²) in [5, 5.41) is 3.37. The van der Waals surface area contributed by atoms with Gasteiger partial charge in [0.25, 0.3) is 5.91 Å². The number of fused-ring (bicyclic) bond motifs is 1. The first-order valence-electron chi connectivity index (χ1n) is 8.63. The van der Waals surface area contributed by atoms with Gasteiger partial charge in [-0.2, -0.15) is 0 Å². The predicted molar refractivity (Wildman–Crippen MR) is 102 cm³/mol. The van der Waals surface area contributed by atoms with Gasteiger partial charge in [0.2, 0.25) is 0 Å². The summed E-state index contributed by atoms with van der Waals surface area (Å²) in [4.78, 5) is 24.6. The van der Waals surface area contributed by atoms with E-state index in [2.05, 4.69) is 12.2 Å². The van der Waals surface area contributed by atoms with E-state index in [4.69, 9.17) is 9.15 Å². The lowest BCUT2D eigenvalue weighted by Gasteiger charge is -2.07. The maximum absolute atomic E-state index is 12.5. The van der Waals surface area contributed by atoms with E-state index in [0.29, 0.717) is 22.4 Å². The summed E-state index contributed by atoms with van der Waals surface area (Å²) in [6, 6.07) is 14.2. The van der Waals surface area contributed by atoms with E-state index in [1.807, 2.05) is 24.3 Å². The SMILES string of the molecule is CCCCc1ccc(NC(=O)c2cc3cc(OC)ccc3oc2=O)cc1. The van der Waals surface area contributed by atoms with E-state index in [-0.39, 0.29) is 5.56 Å². The zero-order valence-electron chi connectivity index (χ0n) is 14.9. The molecule has 134 valence electrons. The van der Waals surface area contributed by atoms with Crippen molar-refractivity contribution in [3.05, 3.63) is 70.1 Å². The van der Waals surface area contributed by atoms with Gasteiger partial charge in [0, 0.05) is 11.1 Å². The van der Waals surface area contributed by atoms with Crippen LogP contribution in [0.25, 0.3) is 11.0 Å². The number of unbranched alkanes of at least 4 members (excludes halogenated alkanes) is 1. The highest BCUT2D eigenvalue weighted by Crippen LogP contribution is 2.21. The number of anilines is 1. The Morgan fingerprint density at radius 1 is 1.12 bits per heavy atom. The fourth-order valence-corrected chi connectivity index (χ4v) is 2.72. The minimum Gasteiger partial charge on any atom is -0.497 e. The van der Waals surface area contributed by atoms with Crippen molar-refractivity contribution in [2.24, 2.45) is 0 Å². The van der Waals surface area contributed by atoms with E-state index >= 15 is 0 Å². The third kappa shape index (κ3) is 3.94. The molecule has 0 aliphatic carbocycles. The third-order valence-corrected chi connectivity index (χ3v) is 4.21. The van der Waals surface area contributed by atoms with E-state index in [1.54, 1.807) is 25.3 Å². The molecule has 1 aromatic heterocycles. The maximum Gasteiger partial charge on any atom is 0.349 e. The number of benzene rings is 2. The van der Waals surface area contributed by atoms with Gasteiger partial charge >= 0.3 is 5.63 Å². The number of hydrogen-bond acceptors (Lipinski definition) is 4. The molecule has 0 aliphatic rings. The predicted octanol–water partition coefficient (Wildman–Crippen LogP) is 4.40. The van der Waals surface area contributed by atoms with Crippen LogP contribution in [0.5, 0.6) is 5.75 Å². The molecule has 5 nitrogen and oxygen atoms in total. The van der Waals surface area contributed by atoms with Crippen LogP contribution >= 0.6 is 0 Å². The third-order valence-electron chi connectivity index (χ3n) is 4.21. The highest BCUT2D eigenvalue weighted by Gasteiger charge is 2.14. The highest BCUT2D eigenvalue weighted by atomic mass is 16.5. The van der Waals surface area contributed by atoms with Crippen LogP contribution in [0.15, 0.2) is 57.7 Å². The van der Waals surface area contributed by atoms with Crippen molar-refractivity contribution in [1.82, 2.24) is 0 Å². The van der Waals surface area contributed by atoms with Crippen molar-refractivity contribution in [2.75, 3.05) is 12.4 Å². The van der Waals surface area contributed by atoms with Crippen LogP contribution in [0.3, 0.4) is 0 Å². The Morgan fingerprint density at radius 3 is 2.58 bits per heavy atom. The van der Waals surface area contributed by atoms with Gasteiger partial charge in [-0.1, -0.05) is 25.5 Å². The van der Waals surface area contributed by atoms with Crippen LogP contribution in [0.4, 0.5) is 5.69 Å². The zero-order chi connectivity index (χ0) is 18.5. The molecule has 3 rings (SSSR count). The number of amides is 1. The molecule has 0 radical (unpaired) electrons. The highest BCUT2D eigenvalue weighted by molar-refractivity contribution is 6.05. The molecule has 1 heterocycles. The first kappa shape index (κ1) is 17.7. The van der Waals surface area contributed by atoms with Crippen molar-refractivity contribution < 1.29 is 13.9 Å². The average Bonchev–Trinajstić information content (AvgIpc) is 2.66. The number of rotatable bonds is 6. The summed E-state index contributed by atoms with van der Waals surface area (Å²) in [6.07, 6.45) is 3.29. The van der Waals surface area contributed by atoms with Gasteiger partial charge < -0.3 is 14.5 Å². The normalized spacial score (nSPS) is 10.7. The zero-order valence-corrected chi connectivity index (χ0v) is 14.9. The van der Waals surface area contributed by atoms with Crippen LogP contribution in [-0.2, 0) is 6.42 Å². The Bertz CT molecular complexity index is 973. The number of methoxy groups -OCH3 is 1. The number of nitrogens with one attached hydrogen (secondary N) is 1. The van der Waals surface area contributed by atoms with E-state index in [0.717, 1.165) is 19.3 Å². The molecule has 26 heavy (non-hydrogen) atoms. The second-order valence-electron chi connectivity index (χ2n) is 6.11. The van der Waals surface area contributed by atoms with Crippen molar-refractivity contribution >= 4 is 22.6 Å². The Kier molecular flexibility index (Phi) is 5.37. The molecule has 0 atom stereocenters. The smallest absolute Gasteiger partial charge is 0.349 e. The summed E-state index contributed by atoms with van der Waals surface area (Å²) in [7, 11) is 1.55. The molecule has 0 saturated heterocycles. The standard InChI is InChI=1S/C21H21NO4/c1-3-4-5-14-6-8-16(9-7-14)22-20(23)18-13-15-12-17(25-2)10-11-19(15)26-21(18)24/h6-13H,3-5H2,1-2H3,(H,22,23). The summed E-state index contributed by atoms with van der Waals surface area (Å²) in [6.45, 7) is 2.15. The molecule has 3 aromatic rings. The first-order chi connectivity index (χ1) is 12.6. The number of aryl methyl sites for hydroxylation is 1. The number of carbonyl (C=O) groups is 1. The molecule has 0 unspecified atom stereocenters. The maximum atomic E-state index is 12.5. The fraction of sp³-hybridized carbons (Fsp3) is 0.238. The molecule has 1 amide bonds. The molecular weight excluding hydrogens is 330 g/mol. The van der Waals surface area contributed by atoms with Crippen LogP contribution in [0.2, 0.25) is 0 Å².